The highest BCUT2D eigenvalue weighted by atomic mass is 32.2. The molecule has 0 saturated carbocycles. The number of hydrazone groups is 1. The van der Waals surface area contributed by atoms with Gasteiger partial charge in [0, 0.05) is 5.71 Å². The van der Waals surface area contributed by atoms with Crippen LogP contribution in [0.1, 0.15) is 32.3 Å². The Balaban J connectivity index is 3.21. The van der Waals surface area contributed by atoms with Crippen molar-refractivity contribution < 1.29 is 8.42 Å². The van der Waals surface area contributed by atoms with Crippen molar-refractivity contribution in [1.82, 2.24) is 4.41 Å². The molecule has 20 heavy (non-hydrogen) atoms. The van der Waals surface area contributed by atoms with Crippen molar-refractivity contribution in [2.45, 2.75) is 38.5 Å². The van der Waals surface area contributed by atoms with E-state index in [0.717, 1.165) is 28.5 Å². The van der Waals surface area contributed by atoms with Gasteiger partial charge in [-0.3, -0.25) is 0 Å². The third-order valence-corrected chi connectivity index (χ3v) is 4.60. The van der Waals surface area contributed by atoms with E-state index < -0.39 is 10.0 Å². The van der Waals surface area contributed by atoms with E-state index in [1.54, 1.807) is 24.3 Å². The minimum absolute atomic E-state index is 0.166. The number of hydrogen-bond acceptors (Lipinski definition) is 3. The number of nitrogens with zero attached hydrogens (tertiary/aromatic N) is 2. The van der Waals surface area contributed by atoms with Gasteiger partial charge in [0.1, 0.15) is 0 Å². The number of benzene rings is 1. The number of sulfonamides is 1. The molecule has 5 heteroatoms. The Morgan fingerprint density at radius 1 is 1.25 bits per heavy atom. The van der Waals surface area contributed by atoms with Gasteiger partial charge < -0.3 is 0 Å². The van der Waals surface area contributed by atoms with Crippen molar-refractivity contribution >= 4 is 15.7 Å². The Kier molecular flexibility index (Phi) is 5.95. The van der Waals surface area contributed by atoms with Gasteiger partial charge in [0.2, 0.25) is 0 Å². The molecular weight excluding hydrogens is 272 g/mol. The maximum atomic E-state index is 12.6. The van der Waals surface area contributed by atoms with Gasteiger partial charge in [-0.25, -0.2) is 0 Å². The molecule has 0 unspecified atom stereocenters. The first-order chi connectivity index (χ1) is 9.45. The Labute approximate surface area is 121 Å². The molecule has 0 aliphatic heterocycles. The predicted octanol–water partition coefficient (Wildman–Crippen LogP) is 3.35. The van der Waals surface area contributed by atoms with E-state index in [4.69, 9.17) is 0 Å². The van der Waals surface area contributed by atoms with E-state index in [0.29, 0.717) is 0 Å². The summed E-state index contributed by atoms with van der Waals surface area (Å²) in [6.45, 7) is 9.62. The summed E-state index contributed by atoms with van der Waals surface area (Å²) in [5, 5.41) is 4.26. The monoisotopic (exact) mass is 294 g/mol. The van der Waals surface area contributed by atoms with Crippen molar-refractivity contribution in [3.63, 3.8) is 0 Å². The fourth-order valence-electron chi connectivity index (χ4n) is 1.68. The summed E-state index contributed by atoms with van der Waals surface area (Å²) in [6.07, 6.45) is 3.00. The van der Waals surface area contributed by atoms with Gasteiger partial charge in [0.25, 0.3) is 10.0 Å². The first-order valence-corrected chi connectivity index (χ1v) is 8.16. The maximum Gasteiger partial charge on any atom is 0.279 e. The van der Waals surface area contributed by atoms with Crippen molar-refractivity contribution in [2.24, 2.45) is 5.10 Å². The lowest BCUT2D eigenvalue weighted by atomic mass is 10.2. The molecule has 1 aromatic rings. The van der Waals surface area contributed by atoms with Gasteiger partial charge in [-0.2, -0.15) is 17.9 Å². The van der Waals surface area contributed by atoms with Crippen LogP contribution in [0.25, 0.3) is 0 Å². The van der Waals surface area contributed by atoms with Crippen LogP contribution in [0.5, 0.6) is 0 Å². The normalized spacial score (nSPS) is 10.9. The first-order valence-electron chi connectivity index (χ1n) is 6.72. The maximum absolute atomic E-state index is 12.6. The molecule has 0 fully saturated rings. The van der Waals surface area contributed by atoms with Gasteiger partial charge in [0.15, 0.2) is 0 Å². The smallest absolute Gasteiger partial charge is 0.200 e. The van der Waals surface area contributed by atoms with Gasteiger partial charge in [-0.05, 0) is 31.9 Å². The zero-order chi connectivity index (χ0) is 15.2. The van der Waals surface area contributed by atoms with Crippen LogP contribution in [-0.2, 0) is 10.0 Å². The van der Waals surface area contributed by atoms with Crippen LogP contribution < -0.4 is 0 Å². The third kappa shape index (κ3) is 3.93. The van der Waals surface area contributed by atoms with Crippen molar-refractivity contribution in [3.05, 3.63) is 42.5 Å². The molecule has 0 saturated heterocycles. The van der Waals surface area contributed by atoms with Crippen molar-refractivity contribution in [2.75, 3.05) is 6.54 Å². The molecule has 0 bridgehead atoms. The fraction of sp³-hybridized carbons (Fsp3) is 0.400. The lowest BCUT2D eigenvalue weighted by molar-refractivity contribution is 0.461. The molecular formula is C15H22N2O2S. The highest BCUT2D eigenvalue weighted by molar-refractivity contribution is 7.89. The van der Waals surface area contributed by atoms with E-state index in [1.807, 2.05) is 20.8 Å². The number of hydrogen-bond donors (Lipinski definition) is 0. The summed E-state index contributed by atoms with van der Waals surface area (Å²) in [4.78, 5) is 0.250. The molecule has 4 nitrogen and oxygen atoms in total. The van der Waals surface area contributed by atoms with Crippen molar-refractivity contribution in [1.29, 1.82) is 0 Å². The van der Waals surface area contributed by atoms with E-state index in [1.165, 1.54) is 6.08 Å². The second-order valence-corrected chi connectivity index (χ2v) is 6.33. The quantitative estimate of drug-likeness (QED) is 0.440. The zero-order valence-electron chi connectivity index (χ0n) is 12.3. The minimum Gasteiger partial charge on any atom is -0.200 e. The molecule has 1 aromatic carbocycles. The van der Waals surface area contributed by atoms with Crippen LogP contribution in [0.4, 0.5) is 0 Å². The van der Waals surface area contributed by atoms with Crippen LogP contribution in [-0.4, -0.2) is 25.1 Å². The Bertz CT molecular complexity index is 568. The average Bonchev–Trinajstić information content (AvgIpc) is 2.43. The van der Waals surface area contributed by atoms with E-state index in [-0.39, 0.29) is 11.4 Å². The summed E-state index contributed by atoms with van der Waals surface area (Å²) in [6, 6.07) is 6.77. The molecule has 0 aliphatic rings. The number of aryl methyl sites for hydroxylation is 1. The van der Waals surface area contributed by atoms with Crippen LogP contribution in [0.3, 0.4) is 0 Å². The topological polar surface area (TPSA) is 49.7 Å². The zero-order valence-corrected chi connectivity index (χ0v) is 13.2. The molecule has 0 aromatic heterocycles. The average molecular weight is 294 g/mol. The summed E-state index contributed by atoms with van der Waals surface area (Å²) < 4.78 is 26.3. The Morgan fingerprint density at radius 3 is 2.25 bits per heavy atom. The third-order valence-electron chi connectivity index (χ3n) is 2.95. The summed E-state index contributed by atoms with van der Waals surface area (Å²) in [5.74, 6) is 0. The minimum atomic E-state index is -3.62. The van der Waals surface area contributed by atoms with Crippen LogP contribution in [0, 0.1) is 6.92 Å². The molecule has 0 spiro atoms. The predicted molar refractivity (Wildman–Crippen MR) is 83.3 cm³/mol. The number of rotatable bonds is 7. The fourth-order valence-corrected chi connectivity index (χ4v) is 2.93. The molecule has 0 amide bonds. The molecule has 0 aliphatic carbocycles. The molecule has 1 rings (SSSR count). The Morgan fingerprint density at radius 2 is 1.80 bits per heavy atom. The highest BCUT2D eigenvalue weighted by Gasteiger charge is 2.22. The van der Waals surface area contributed by atoms with Gasteiger partial charge in [0.05, 0.1) is 11.4 Å². The summed E-state index contributed by atoms with van der Waals surface area (Å²) in [5.41, 5.74) is 1.87. The van der Waals surface area contributed by atoms with Gasteiger partial charge >= 0.3 is 0 Å². The standard InChI is InChI=1S/C15H22N2O2S/c1-5-12-17(16-14(6-2)7-3)20(18,19)15-10-8-13(4)9-11-15/h5,8-11H,1,6-7,12H2,2-4H3. The van der Waals surface area contributed by atoms with Gasteiger partial charge in [-0.15, -0.1) is 6.58 Å². The van der Waals surface area contributed by atoms with Crippen LogP contribution in [0.15, 0.2) is 46.9 Å². The summed E-state index contributed by atoms with van der Waals surface area (Å²) >= 11 is 0. The lowest BCUT2D eigenvalue weighted by Gasteiger charge is -2.19. The Hall–Kier alpha value is -1.62. The molecule has 110 valence electrons. The van der Waals surface area contributed by atoms with Crippen molar-refractivity contribution in [3.8, 4) is 0 Å². The molecule has 0 heterocycles. The van der Waals surface area contributed by atoms with E-state index >= 15 is 0 Å². The highest BCUT2D eigenvalue weighted by Crippen LogP contribution is 2.17. The summed E-state index contributed by atoms with van der Waals surface area (Å²) in [7, 11) is -3.62. The second kappa shape index (κ2) is 7.24. The van der Waals surface area contributed by atoms with E-state index in [9.17, 15) is 8.42 Å². The molecule has 0 N–H and O–H groups in total. The van der Waals surface area contributed by atoms with Gasteiger partial charge in [-0.1, -0.05) is 37.6 Å². The molecule has 0 atom stereocenters. The van der Waals surface area contributed by atoms with E-state index in [2.05, 4.69) is 11.7 Å². The van der Waals surface area contributed by atoms with Crippen LogP contribution >= 0.6 is 0 Å². The lowest BCUT2D eigenvalue weighted by Crippen LogP contribution is -2.27. The largest absolute Gasteiger partial charge is 0.279 e. The molecule has 0 radical (unpaired) electrons. The second-order valence-electron chi connectivity index (χ2n) is 4.48. The van der Waals surface area contributed by atoms with Crippen LogP contribution in [0.2, 0.25) is 0 Å². The SMILES string of the molecule is C=CCN(N=C(CC)CC)S(=O)(=O)c1ccc(C)cc1. The first kappa shape index (κ1) is 16.4.